The Labute approximate surface area is 331 Å². The molecule has 3 nitrogen and oxygen atoms in total. The third kappa shape index (κ3) is 5.12. The lowest BCUT2D eigenvalue weighted by Gasteiger charge is -2.30. The summed E-state index contributed by atoms with van der Waals surface area (Å²) in [6.45, 7) is 0. The number of fused-ring (bicyclic) bond motifs is 10. The Morgan fingerprint density at radius 2 is 1.04 bits per heavy atom. The first kappa shape index (κ1) is 32.2. The highest BCUT2D eigenvalue weighted by molar-refractivity contribution is 6.10. The lowest BCUT2D eigenvalue weighted by atomic mass is 9.88. The van der Waals surface area contributed by atoms with E-state index in [0.717, 1.165) is 55.6 Å². The Balaban J connectivity index is 1.12. The first-order valence-corrected chi connectivity index (χ1v) is 19.9. The maximum absolute atomic E-state index is 6.92. The molecule has 3 heteroatoms. The fraction of sp³-hybridized carbons (Fsp3) is 0.0741. The first-order chi connectivity index (χ1) is 28.2. The summed E-state index contributed by atoms with van der Waals surface area (Å²) in [5.41, 5.74) is 15.8. The number of nitrogens with zero attached hydrogens (tertiary/aromatic N) is 1. The fourth-order valence-electron chi connectivity index (χ4n) is 9.64. The Morgan fingerprint density at radius 3 is 1.82 bits per heavy atom. The number of para-hydroxylation sites is 2. The van der Waals surface area contributed by atoms with Gasteiger partial charge in [-0.25, -0.2) is 0 Å². The molecule has 4 aliphatic rings. The zero-order valence-electron chi connectivity index (χ0n) is 31.1. The van der Waals surface area contributed by atoms with E-state index >= 15 is 0 Å². The standard InChI is InChI=1S/C54H37NO2/c1-3-14-34(15-4-1)36-28-37(35-16-5-2-6-17-35)30-38(29-36)39-31-40(42-21-13-22-47-44-19-8-11-24-50(44)56-53(42)47)33-41(32-39)55-49-23-10-7-18-43(49)46-26-27-48-45-20-9-12-25-51(45)57-54(48)52(46)55/h1-33,43,45,49,51H. The van der Waals surface area contributed by atoms with Gasteiger partial charge in [0, 0.05) is 39.4 Å². The molecule has 7 aromatic carbocycles. The summed E-state index contributed by atoms with van der Waals surface area (Å²) in [4.78, 5) is 2.55. The van der Waals surface area contributed by atoms with Crippen molar-refractivity contribution in [2.75, 3.05) is 4.90 Å². The number of rotatable bonds is 5. The number of benzene rings is 7. The number of hydrogen-bond acceptors (Lipinski definition) is 3. The zero-order valence-corrected chi connectivity index (χ0v) is 31.1. The quantitative estimate of drug-likeness (QED) is 0.176. The molecule has 8 aromatic rings. The summed E-state index contributed by atoms with van der Waals surface area (Å²) in [5, 5.41) is 2.25. The highest BCUT2D eigenvalue weighted by Gasteiger charge is 2.44. The molecule has 0 spiro atoms. The van der Waals surface area contributed by atoms with Crippen LogP contribution >= 0.6 is 0 Å². The molecule has 4 unspecified atom stereocenters. The molecule has 4 atom stereocenters. The second-order valence-electron chi connectivity index (χ2n) is 15.5. The summed E-state index contributed by atoms with van der Waals surface area (Å²) in [5.74, 6) is 1.40. The summed E-state index contributed by atoms with van der Waals surface area (Å²) < 4.78 is 13.6. The van der Waals surface area contributed by atoms with Crippen LogP contribution in [0.4, 0.5) is 11.4 Å². The lowest BCUT2D eigenvalue weighted by Crippen LogP contribution is -2.28. The van der Waals surface area contributed by atoms with Crippen LogP contribution in [0.3, 0.4) is 0 Å². The average molecular weight is 732 g/mol. The monoisotopic (exact) mass is 731 g/mol. The van der Waals surface area contributed by atoms with Gasteiger partial charge >= 0.3 is 0 Å². The van der Waals surface area contributed by atoms with Gasteiger partial charge in [0.25, 0.3) is 0 Å². The van der Waals surface area contributed by atoms with Crippen LogP contribution in [0.25, 0.3) is 66.4 Å². The largest absolute Gasteiger partial charge is 0.483 e. The maximum Gasteiger partial charge on any atom is 0.148 e. The molecule has 0 fully saturated rings. The van der Waals surface area contributed by atoms with Gasteiger partial charge in [0.15, 0.2) is 0 Å². The Morgan fingerprint density at radius 1 is 0.439 bits per heavy atom. The first-order valence-electron chi connectivity index (χ1n) is 19.9. The number of anilines is 2. The van der Waals surface area contributed by atoms with Crippen molar-refractivity contribution in [3.8, 4) is 50.3 Å². The average Bonchev–Trinajstić information content (AvgIpc) is 3.96. The summed E-state index contributed by atoms with van der Waals surface area (Å²) in [6, 6.07) is 55.2. The van der Waals surface area contributed by atoms with Crippen LogP contribution in [0.1, 0.15) is 23.0 Å². The summed E-state index contributed by atoms with van der Waals surface area (Å²) in [6.07, 6.45) is 17.8. The molecule has 270 valence electrons. The van der Waals surface area contributed by atoms with E-state index in [9.17, 15) is 0 Å². The van der Waals surface area contributed by atoms with E-state index in [0.29, 0.717) is 0 Å². The van der Waals surface area contributed by atoms with E-state index in [-0.39, 0.29) is 24.0 Å². The Bertz CT molecular complexity index is 2960. The van der Waals surface area contributed by atoms with Crippen molar-refractivity contribution in [2.45, 2.75) is 24.0 Å². The molecule has 2 aliphatic carbocycles. The molecule has 57 heavy (non-hydrogen) atoms. The van der Waals surface area contributed by atoms with Crippen molar-refractivity contribution in [2.24, 2.45) is 0 Å². The van der Waals surface area contributed by atoms with Gasteiger partial charge < -0.3 is 14.1 Å². The van der Waals surface area contributed by atoms with Crippen LogP contribution < -0.4 is 9.64 Å². The minimum Gasteiger partial charge on any atom is -0.483 e. The second kappa shape index (κ2) is 12.7. The minimum absolute atomic E-state index is 0.00298. The number of allylic oxidation sites excluding steroid dienone is 4. The molecule has 3 heterocycles. The molecule has 12 rings (SSSR count). The number of ether oxygens (including phenoxy) is 1. The number of hydrogen-bond donors (Lipinski definition) is 0. The van der Waals surface area contributed by atoms with E-state index in [2.05, 4.69) is 199 Å². The van der Waals surface area contributed by atoms with Gasteiger partial charge in [-0.15, -0.1) is 0 Å². The molecule has 0 saturated carbocycles. The van der Waals surface area contributed by atoms with Gasteiger partial charge in [-0.05, 0) is 93.0 Å². The summed E-state index contributed by atoms with van der Waals surface area (Å²) >= 11 is 0. The van der Waals surface area contributed by atoms with Gasteiger partial charge in [-0.2, -0.15) is 0 Å². The molecular weight excluding hydrogens is 695 g/mol. The van der Waals surface area contributed by atoms with Crippen LogP contribution in [0, 0.1) is 0 Å². The molecule has 0 N–H and O–H groups in total. The van der Waals surface area contributed by atoms with Crippen LogP contribution in [0.5, 0.6) is 5.75 Å². The normalized spacial score (nSPS) is 19.8. The van der Waals surface area contributed by atoms with Gasteiger partial charge in [0.2, 0.25) is 0 Å². The van der Waals surface area contributed by atoms with Gasteiger partial charge in [0.1, 0.15) is 23.0 Å². The van der Waals surface area contributed by atoms with Crippen LogP contribution in [0.2, 0.25) is 0 Å². The van der Waals surface area contributed by atoms with Crippen LogP contribution in [0.15, 0.2) is 205 Å². The lowest BCUT2D eigenvalue weighted by molar-refractivity contribution is 0.269. The highest BCUT2D eigenvalue weighted by atomic mass is 16.5. The van der Waals surface area contributed by atoms with E-state index in [1.54, 1.807) is 0 Å². The minimum atomic E-state index is -0.00298. The molecule has 0 bridgehead atoms. The van der Waals surface area contributed by atoms with Gasteiger partial charge in [-0.1, -0.05) is 152 Å². The van der Waals surface area contributed by atoms with Crippen molar-refractivity contribution < 1.29 is 9.15 Å². The van der Waals surface area contributed by atoms with Crippen molar-refractivity contribution in [3.63, 3.8) is 0 Å². The molecule has 0 amide bonds. The predicted molar refractivity (Wildman–Crippen MR) is 234 cm³/mol. The highest BCUT2D eigenvalue weighted by Crippen LogP contribution is 2.58. The topological polar surface area (TPSA) is 25.6 Å². The molecular formula is C54H37NO2. The van der Waals surface area contributed by atoms with Crippen molar-refractivity contribution >= 4 is 33.3 Å². The fourth-order valence-corrected chi connectivity index (χ4v) is 9.64. The third-order valence-corrected chi connectivity index (χ3v) is 12.3. The smallest absolute Gasteiger partial charge is 0.148 e. The van der Waals surface area contributed by atoms with E-state index in [1.165, 1.54) is 39.1 Å². The van der Waals surface area contributed by atoms with E-state index in [4.69, 9.17) is 9.15 Å². The summed E-state index contributed by atoms with van der Waals surface area (Å²) in [7, 11) is 0. The van der Waals surface area contributed by atoms with Crippen molar-refractivity contribution in [1.82, 2.24) is 0 Å². The maximum atomic E-state index is 6.92. The second-order valence-corrected chi connectivity index (χ2v) is 15.5. The molecule has 0 radical (unpaired) electrons. The molecule has 0 saturated heterocycles. The zero-order chi connectivity index (χ0) is 37.5. The Kier molecular flexibility index (Phi) is 7.18. The van der Waals surface area contributed by atoms with Crippen LogP contribution in [-0.2, 0) is 0 Å². The van der Waals surface area contributed by atoms with Crippen molar-refractivity contribution in [3.05, 3.63) is 211 Å². The molecule has 2 aliphatic heterocycles. The Hall–Kier alpha value is -7.10. The number of furan rings is 1. The van der Waals surface area contributed by atoms with Crippen LogP contribution in [-0.4, -0.2) is 12.1 Å². The van der Waals surface area contributed by atoms with Gasteiger partial charge in [-0.3, -0.25) is 0 Å². The third-order valence-electron chi connectivity index (χ3n) is 12.3. The van der Waals surface area contributed by atoms with Crippen molar-refractivity contribution in [1.29, 1.82) is 0 Å². The van der Waals surface area contributed by atoms with E-state index < -0.39 is 0 Å². The predicted octanol–water partition coefficient (Wildman–Crippen LogP) is 14.0. The van der Waals surface area contributed by atoms with Gasteiger partial charge in [0.05, 0.1) is 11.7 Å². The van der Waals surface area contributed by atoms with E-state index in [1.807, 2.05) is 6.07 Å². The SMILES string of the molecule is C1=CC2Oc3c(ccc4c3N(c3cc(-c5cc(-c6ccccc6)cc(-c6ccccc6)c5)cc(-c5cccc6c5oc5ccccc56)c3)C3C=CC=CC43)C2C=C1. The molecule has 1 aromatic heterocycles.